The summed E-state index contributed by atoms with van der Waals surface area (Å²) in [4.78, 5) is 25.3. The monoisotopic (exact) mass is 438 g/mol. The molecule has 168 valence electrons. The molecule has 1 aliphatic heterocycles. The minimum atomic E-state index is -0.596. The van der Waals surface area contributed by atoms with Crippen LogP contribution in [0.5, 0.6) is 11.5 Å². The molecule has 0 N–H and O–H groups in total. The Hall–Kier alpha value is -3.39. The SMILES string of the molecule is COc1ccc2cc1OC1CC(OC(=O)c3cccc([N+](=O)[O-])c3)C=CC1CCN(C)C2. The van der Waals surface area contributed by atoms with Gasteiger partial charge in [-0.2, -0.15) is 0 Å². The molecule has 0 fully saturated rings. The number of methoxy groups -OCH3 is 1. The quantitative estimate of drug-likeness (QED) is 0.308. The van der Waals surface area contributed by atoms with Crippen molar-refractivity contribution in [2.24, 2.45) is 5.92 Å². The van der Waals surface area contributed by atoms with Crippen LogP contribution in [0.2, 0.25) is 0 Å². The second kappa shape index (κ2) is 9.40. The van der Waals surface area contributed by atoms with Gasteiger partial charge in [-0.1, -0.05) is 18.2 Å². The van der Waals surface area contributed by atoms with Crippen LogP contribution in [0.25, 0.3) is 0 Å². The lowest BCUT2D eigenvalue weighted by molar-refractivity contribution is -0.384. The second-order valence-electron chi connectivity index (χ2n) is 8.20. The van der Waals surface area contributed by atoms with Crippen molar-refractivity contribution < 1.29 is 23.9 Å². The number of hydrogen-bond donors (Lipinski definition) is 0. The van der Waals surface area contributed by atoms with E-state index >= 15 is 0 Å². The average molecular weight is 438 g/mol. The van der Waals surface area contributed by atoms with Gasteiger partial charge in [0.1, 0.15) is 12.2 Å². The number of nitro benzene ring substituents is 1. The van der Waals surface area contributed by atoms with Gasteiger partial charge in [-0.15, -0.1) is 0 Å². The Bertz CT molecular complexity index is 1040. The van der Waals surface area contributed by atoms with Crippen molar-refractivity contribution in [2.75, 3.05) is 20.7 Å². The van der Waals surface area contributed by atoms with Crippen molar-refractivity contribution in [3.05, 3.63) is 75.9 Å². The molecule has 1 heterocycles. The van der Waals surface area contributed by atoms with Crippen molar-refractivity contribution in [1.29, 1.82) is 0 Å². The summed E-state index contributed by atoms with van der Waals surface area (Å²) in [7, 11) is 3.71. The number of benzene rings is 2. The number of nitrogens with zero attached hydrogens (tertiary/aromatic N) is 2. The molecular weight excluding hydrogens is 412 g/mol. The van der Waals surface area contributed by atoms with Gasteiger partial charge in [-0.05, 0) is 49.9 Å². The molecule has 2 bridgehead atoms. The molecule has 3 unspecified atom stereocenters. The number of carbonyl (C=O) groups is 1. The van der Waals surface area contributed by atoms with E-state index in [4.69, 9.17) is 14.2 Å². The van der Waals surface area contributed by atoms with Crippen molar-refractivity contribution in [1.82, 2.24) is 4.90 Å². The number of fused-ring (bicyclic) bond motifs is 3. The minimum absolute atomic E-state index is 0.148. The molecule has 8 nitrogen and oxygen atoms in total. The van der Waals surface area contributed by atoms with Gasteiger partial charge in [0.15, 0.2) is 11.5 Å². The number of non-ortho nitro benzene ring substituents is 1. The van der Waals surface area contributed by atoms with Crippen LogP contribution in [-0.4, -0.2) is 48.7 Å². The number of nitro groups is 1. The van der Waals surface area contributed by atoms with Crippen molar-refractivity contribution in [3.63, 3.8) is 0 Å². The Labute approximate surface area is 186 Å². The highest BCUT2D eigenvalue weighted by Gasteiger charge is 2.32. The maximum Gasteiger partial charge on any atom is 0.338 e. The zero-order valence-electron chi connectivity index (χ0n) is 18.1. The van der Waals surface area contributed by atoms with E-state index in [0.29, 0.717) is 17.9 Å². The molecule has 32 heavy (non-hydrogen) atoms. The second-order valence-corrected chi connectivity index (χ2v) is 8.20. The summed E-state index contributed by atoms with van der Waals surface area (Å²) in [5, 5.41) is 11.0. The largest absolute Gasteiger partial charge is 0.493 e. The van der Waals surface area contributed by atoms with Gasteiger partial charge in [0.2, 0.25) is 0 Å². The van der Waals surface area contributed by atoms with E-state index in [2.05, 4.69) is 11.9 Å². The lowest BCUT2D eigenvalue weighted by Gasteiger charge is -2.34. The predicted octanol–water partition coefficient (Wildman–Crippen LogP) is 3.99. The van der Waals surface area contributed by atoms with Gasteiger partial charge in [-0.25, -0.2) is 4.79 Å². The number of esters is 1. The molecule has 1 aliphatic carbocycles. The highest BCUT2D eigenvalue weighted by Crippen LogP contribution is 2.35. The fourth-order valence-corrected chi connectivity index (χ4v) is 4.16. The summed E-state index contributed by atoms with van der Waals surface area (Å²) in [6, 6.07) is 11.5. The third-order valence-corrected chi connectivity index (χ3v) is 5.87. The zero-order valence-corrected chi connectivity index (χ0v) is 18.1. The molecule has 0 saturated heterocycles. The van der Waals surface area contributed by atoms with E-state index in [1.807, 2.05) is 30.4 Å². The van der Waals surface area contributed by atoms with E-state index in [0.717, 1.165) is 25.1 Å². The summed E-state index contributed by atoms with van der Waals surface area (Å²) < 4.78 is 17.5. The van der Waals surface area contributed by atoms with Crippen LogP contribution in [0.4, 0.5) is 5.69 Å². The molecular formula is C24H26N2O6. The van der Waals surface area contributed by atoms with E-state index in [-0.39, 0.29) is 23.3 Å². The van der Waals surface area contributed by atoms with Crippen LogP contribution >= 0.6 is 0 Å². The van der Waals surface area contributed by atoms with Crippen molar-refractivity contribution in [2.45, 2.75) is 31.6 Å². The molecule has 2 aliphatic rings. The maximum absolute atomic E-state index is 12.6. The van der Waals surface area contributed by atoms with E-state index in [9.17, 15) is 14.9 Å². The number of rotatable bonds is 4. The lowest BCUT2D eigenvalue weighted by Crippen LogP contribution is -2.37. The van der Waals surface area contributed by atoms with E-state index < -0.39 is 17.0 Å². The first-order chi connectivity index (χ1) is 15.4. The van der Waals surface area contributed by atoms with E-state index in [1.54, 1.807) is 7.11 Å². The zero-order chi connectivity index (χ0) is 22.7. The third-order valence-electron chi connectivity index (χ3n) is 5.87. The van der Waals surface area contributed by atoms with E-state index in [1.165, 1.54) is 24.3 Å². The third kappa shape index (κ3) is 4.91. The highest BCUT2D eigenvalue weighted by molar-refractivity contribution is 5.90. The molecule has 0 spiro atoms. The van der Waals surface area contributed by atoms with Gasteiger partial charge >= 0.3 is 5.97 Å². The average Bonchev–Trinajstić information content (AvgIpc) is 2.78. The van der Waals surface area contributed by atoms with Gasteiger partial charge in [0.05, 0.1) is 17.6 Å². The maximum atomic E-state index is 12.6. The van der Waals surface area contributed by atoms with Gasteiger partial charge in [-0.3, -0.25) is 10.1 Å². The smallest absolute Gasteiger partial charge is 0.338 e. The fourth-order valence-electron chi connectivity index (χ4n) is 4.16. The predicted molar refractivity (Wildman–Crippen MR) is 118 cm³/mol. The Morgan fingerprint density at radius 3 is 2.84 bits per heavy atom. The normalized spacial score (nSPS) is 22.9. The lowest BCUT2D eigenvalue weighted by atomic mass is 9.88. The fraction of sp³-hybridized carbons (Fsp3) is 0.375. The Morgan fingerprint density at radius 1 is 1.22 bits per heavy atom. The van der Waals surface area contributed by atoms with Crippen LogP contribution < -0.4 is 9.47 Å². The van der Waals surface area contributed by atoms with Crippen molar-refractivity contribution >= 4 is 11.7 Å². The highest BCUT2D eigenvalue weighted by atomic mass is 16.6. The van der Waals surface area contributed by atoms with Crippen LogP contribution in [0.1, 0.15) is 28.8 Å². The molecule has 3 atom stereocenters. The first-order valence-electron chi connectivity index (χ1n) is 10.6. The molecule has 2 aromatic carbocycles. The Morgan fingerprint density at radius 2 is 2.06 bits per heavy atom. The molecule has 0 amide bonds. The van der Waals surface area contributed by atoms with Crippen LogP contribution in [0.15, 0.2) is 54.6 Å². The Kier molecular flexibility index (Phi) is 6.41. The van der Waals surface area contributed by atoms with Crippen LogP contribution in [0.3, 0.4) is 0 Å². The van der Waals surface area contributed by atoms with Gasteiger partial charge in [0.25, 0.3) is 5.69 Å². The Balaban J connectivity index is 1.53. The molecule has 0 radical (unpaired) electrons. The topological polar surface area (TPSA) is 91.1 Å². The van der Waals surface area contributed by atoms with Crippen molar-refractivity contribution in [3.8, 4) is 11.5 Å². The first-order valence-corrected chi connectivity index (χ1v) is 10.6. The summed E-state index contributed by atoms with van der Waals surface area (Å²) in [6.07, 6.45) is 4.65. The van der Waals surface area contributed by atoms with Gasteiger partial charge < -0.3 is 19.1 Å². The number of carbonyl (C=O) groups excluding carboxylic acids is 1. The molecule has 2 aromatic rings. The van der Waals surface area contributed by atoms with Crippen LogP contribution in [0, 0.1) is 16.0 Å². The molecule has 8 heteroatoms. The number of hydrogen-bond acceptors (Lipinski definition) is 7. The first kappa shape index (κ1) is 21.8. The molecule has 0 saturated carbocycles. The number of ether oxygens (including phenoxy) is 3. The summed E-state index contributed by atoms with van der Waals surface area (Å²) >= 11 is 0. The summed E-state index contributed by atoms with van der Waals surface area (Å²) in [6.45, 7) is 1.74. The molecule has 0 aromatic heterocycles. The summed E-state index contributed by atoms with van der Waals surface area (Å²) in [5.41, 5.74) is 1.14. The summed E-state index contributed by atoms with van der Waals surface area (Å²) in [5.74, 6) is 0.905. The van der Waals surface area contributed by atoms with Gasteiger partial charge in [0, 0.05) is 31.0 Å². The van der Waals surface area contributed by atoms with Crippen LogP contribution in [-0.2, 0) is 11.3 Å². The molecule has 4 rings (SSSR count). The minimum Gasteiger partial charge on any atom is -0.493 e. The standard InChI is InChI=1S/C24H26N2O6/c1-25-11-10-17-7-8-20(31-24(27)18-4-3-5-19(13-18)26(28)29)14-22(17)32-23-12-16(15-25)6-9-21(23)30-2/h3-9,12-13,17,20,22H,10-11,14-15H2,1-2H3.